The highest BCUT2D eigenvalue weighted by molar-refractivity contribution is 6.08. The van der Waals surface area contributed by atoms with Crippen LogP contribution < -0.4 is 5.43 Å². The normalized spacial score (nSPS) is 25.6. The third-order valence-corrected chi connectivity index (χ3v) is 2.44. The Labute approximate surface area is 82.3 Å². The minimum Gasteiger partial charge on any atom is -0.298 e. The fourth-order valence-corrected chi connectivity index (χ4v) is 1.53. The lowest BCUT2D eigenvalue weighted by Crippen LogP contribution is -2.38. The van der Waals surface area contributed by atoms with Gasteiger partial charge in [-0.3, -0.25) is 15.2 Å². The van der Waals surface area contributed by atoms with E-state index in [4.69, 9.17) is 0 Å². The molecule has 0 saturated carbocycles. The Hall–Kier alpha value is -1.59. The third kappa shape index (κ3) is 1.07. The molecule has 0 bridgehead atoms. The fraction of sp³-hybridized carbons (Fsp3) is 0.625. The summed E-state index contributed by atoms with van der Waals surface area (Å²) in [4.78, 5) is 19.0. The Morgan fingerprint density at radius 2 is 2.21 bits per heavy atom. The van der Waals surface area contributed by atoms with E-state index < -0.39 is 0 Å². The van der Waals surface area contributed by atoms with Crippen LogP contribution in [0.25, 0.3) is 0 Å². The highest BCUT2D eigenvalue weighted by Gasteiger charge is 2.40. The molecule has 1 unspecified atom stereocenters. The maximum atomic E-state index is 11.5. The van der Waals surface area contributed by atoms with Gasteiger partial charge in [-0.2, -0.15) is 5.10 Å². The number of hydrazone groups is 1. The molecule has 2 aliphatic heterocycles. The summed E-state index contributed by atoms with van der Waals surface area (Å²) in [7, 11) is 3.43. The molecule has 2 heterocycles. The van der Waals surface area contributed by atoms with Crippen molar-refractivity contribution in [1.29, 1.82) is 0 Å². The van der Waals surface area contributed by atoms with Crippen molar-refractivity contribution in [3.8, 4) is 0 Å². The first-order valence-corrected chi connectivity index (χ1v) is 4.56. The highest BCUT2D eigenvalue weighted by atomic mass is 16.2. The van der Waals surface area contributed by atoms with E-state index in [9.17, 15) is 4.79 Å². The van der Waals surface area contributed by atoms with Crippen molar-refractivity contribution in [1.82, 2.24) is 15.2 Å². The molecule has 6 nitrogen and oxygen atoms in total. The Morgan fingerprint density at radius 3 is 2.86 bits per heavy atom. The molecular weight excluding hydrogens is 182 g/mol. The number of urea groups is 1. The molecule has 76 valence electrons. The number of aliphatic imine (C=N–C) groups is 1. The molecule has 2 aliphatic rings. The number of rotatable bonds is 1. The average Bonchev–Trinajstić information content (AvgIpc) is 2.44. The maximum absolute atomic E-state index is 11.5. The van der Waals surface area contributed by atoms with Crippen LogP contribution in [0.5, 0.6) is 0 Å². The second-order valence-electron chi connectivity index (χ2n) is 3.34. The van der Waals surface area contributed by atoms with Crippen LogP contribution in [0.1, 0.15) is 13.3 Å². The number of likely N-dealkylation sites (N-methyl/N-ethyl adjacent to an activating group) is 2. The van der Waals surface area contributed by atoms with E-state index in [2.05, 4.69) is 15.5 Å². The standard InChI is InChI=1S/C8H13N5O/c1-4-5-9-6-7(11-10-5)13(3)8(14)12(6)2/h6H,4H2,1-3H3,(H,9,10). The summed E-state index contributed by atoms with van der Waals surface area (Å²) in [6.45, 7) is 1.99. The van der Waals surface area contributed by atoms with Gasteiger partial charge in [-0.15, -0.1) is 0 Å². The highest BCUT2D eigenvalue weighted by Crippen LogP contribution is 2.18. The van der Waals surface area contributed by atoms with Crippen LogP contribution in [0.4, 0.5) is 4.79 Å². The molecule has 2 amide bonds. The number of carbonyl (C=O) groups is 1. The molecule has 0 aliphatic carbocycles. The SMILES string of the molecule is CCC1=NC2C(=NN1)N(C)C(=O)N2C. The number of nitrogens with one attached hydrogen (secondary N) is 1. The maximum Gasteiger partial charge on any atom is 0.327 e. The number of amidine groups is 2. The van der Waals surface area contributed by atoms with E-state index in [1.54, 1.807) is 19.0 Å². The molecular formula is C8H13N5O. The van der Waals surface area contributed by atoms with E-state index in [1.807, 2.05) is 6.92 Å². The number of hydrogen-bond acceptors (Lipinski definition) is 4. The predicted molar refractivity (Wildman–Crippen MR) is 53.0 cm³/mol. The molecule has 1 atom stereocenters. The number of amides is 2. The van der Waals surface area contributed by atoms with Gasteiger partial charge in [0.1, 0.15) is 5.84 Å². The van der Waals surface area contributed by atoms with E-state index in [0.717, 1.165) is 12.3 Å². The van der Waals surface area contributed by atoms with Gasteiger partial charge in [-0.1, -0.05) is 6.92 Å². The molecule has 1 saturated heterocycles. The largest absolute Gasteiger partial charge is 0.327 e. The van der Waals surface area contributed by atoms with Crippen LogP contribution >= 0.6 is 0 Å². The second kappa shape index (κ2) is 2.97. The summed E-state index contributed by atoms with van der Waals surface area (Å²) in [5.41, 5.74) is 2.83. The zero-order chi connectivity index (χ0) is 10.3. The topological polar surface area (TPSA) is 60.3 Å². The van der Waals surface area contributed by atoms with Crippen molar-refractivity contribution in [3.05, 3.63) is 0 Å². The molecule has 0 aromatic heterocycles. The van der Waals surface area contributed by atoms with Crippen LogP contribution in [0.2, 0.25) is 0 Å². The van der Waals surface area contributed by atoms with Gasteiger partial charge in [-0.25, -0.2) is 9.79 Å². The molecule has 0 aromatic carbocycles. The Bertz CT molecular complexity index is 335. The van der Waals surface area contributed by atoms with Gasteiger partial charge in [0.25, 0.3) is 0 Å². The van der Waals surface area contributed by atoms with Crippen molar-refractivity contribution in [3.63, 3.8) is 0 Å². The van der Waals surface area contributed by atoms with Gasteiger partial charge in [0, 0.05) is 20.5 Å². The minimum absolute atomic E-state index is 0.0725. The van der Waals surface area contributed by atoms with Crippen LogP contribution in [0.15, 0.2) is 10.1 Å². The summed E-state index contributed by atoms with van der Waals surface area (Å²) in [6.07, 6.45) is 0.544. The third-order valence-electron chi connectivity index (χ3n) is 2.44. The molecule has 0 spiro atoms. The predicted octanol–water partition coefficient (Wildman–Crippen LogP) is 0.0349. The average molecular weight is 195 g/mol. The summed E-state index contributed by atoms with van der Waals surface area (Å²) < 4.78 is 0. The van der Waals surface area contributed by atoms with Crippen molar-refractivity contribution >= 4 is 17.7 Å². The van der Waals surface area contributed by atoms with Gasteiger partial charge < -0.3 is 0 Å². The first kappa shape index (κ1) is 8.98. The lowest BCUT2D eigenvalue weighted by atomic mass is 10.4. The van der Waals surface area contributed by atoms with E-state index in [-0.39, 0.29) is 12.2 Å². The molecule has 1 fully saturated rings. The summed E-state index contributed by atoms with van der Waals surface area (Å²) >= 11 is 0. The summed E-state index contributed by atoms with van der Waals surface area (Å²) in [6, 6.07) is -0.0725. The van der Waals surface area contributed by atoms with Crippen molar-refractivity contribution in [2.24, 2.45) is 10.1 Å². The van der Waals surface area contributed by atoms with Crippen LogP contribution in [0.3, 0.4) is 0 Å². The summed E-state index contributed by atoms with van der Waals surface area (Å²) in [5.74, 6) is 1.48. The smallest absolute Gasteiger partial charge is 0.298 e. The van der Waals surface area contributed by atoms with Crippen LogP contribution in [-0.2, 0) is 0 Å². The van der Waals surface area contributed by atoms with Crippen LogP contribution in [0, 0.1) is 0 Å². The van der Waals surface area contributed by atoms with E-state index in [0.29, 0.717) is 5.84 Å². The lowest BCUT2D eigenvalue weighted by Gasteiger charge is -2.19. The molecule has 1 N–H and O–H groups in total. The zero-order valence-electron chi connectivity index (χ0n) is 8.48. The van der Waals surface area contributed by atoms with Gasteiger partial charge in [-0.05, 0) is 0 Å². The summed E-state index contributed by atoms with van der Waals surface area (Å²) in [5, 5.41) is 4.12. The van der Waals surface area contributed by atoms with Crippen molar-refractivity contribution < 1.29 is 4.79 Å². The number of hydrogen-bond donors (Lipinski definition) is 1. The Kier molecular flexibility index (Phi) is 1.90. The van der Waals surface area contributed by atoms with Gasteiger partial charge in [0.2, 0.25) is 0 Å². The minimum atomic E-state index is -0.247. The number of nitrogens with zero attached hydrogens (tertiary/aromatic N) is 4. The van der Waals surface area contributed by atoms with Crippen molar-refractivity contribution in [2.45, 2.75) is 19.5 Å². The Morgan fingerprint density at radius 1 is 1.50 bits per heavy atom. The molecule has 6 heteroatoms. The molecule has 2 rings (SSSR count). The first-order chi connectivity index (χ1) is 6.65. The van der Waals surface area contributed by atoms with E-state index in [1.165, 1.54) is 4.90 Å². The van der Waals surface area contributed by atoms with E-state index >= 15 is 0 Å². The van der Waals surface area contributed by atoms with Crippen molar-refractivity contribution in [2.75, 3.05) is 14.1 Å². The van der Waals surface area contributed by atoms with Gasteiger partial charge in [0.05, 0.1) is 0 Å². The zero-order valence-corrected chi connectivity index (χ0v) is 8.48. The number of carbonyl (C=O) groups excluding carboxylic acids is 1. The Balaban J connectivity index is 2.32. The monoisotopic (exact) mass is 195 g/mol. The fourth-order valence-electron chi connectivity index (χ4n) is 1.53. The lowest BCUT2D eigenvalue weighted by molar-refractivity contribution is 0.203. The molecule has 14 heavy (non-hydrogen) atoms. The number of fused-ring (bicyclic) bond motifs is 1. The van der Waals surface area contributed by atoms with Gasteiger partial charge >= 0.3 is 6.03 Å². The second-order valence-corrected chi connectivity index (χ2v) is 3.34. The van der Waals surface area contributed by atoms with Gasteiger partial charge in [0.15, 0.2) is 12.0 Å². The first-order valence-electron chi connectivity index (χ1n) is 4.56. The molecule has 0 radical (unpaired) electrons. The van der Waals surface area contributed by atoms with Crippen LogP contribution in [-0.4, -0.2) is 47.8 Å². The quantitative estimate of drug-likeness (QED) is 0.642. The molecule has 0 aromatic rings.